The lowest BCUT2D eigenvalue weighted by Gasteiger charge is -2.04. The Morgan fingerprint density at radius 3 is 3.08 bits per heavy atom. The standard InChI is InChI=1S/C7H10N4OS/c1-2-12-6-4-9-3-5(10-6)11-7(8)13/h3-4H,2H2,1H3,(H3,8,10,11,13). The third-order valence-corrected chi connectivity index (χ3v) is 1.26. The minimum absolute atomic E-state index is 0.156. The lowest BCUT2D eigenvalue weighted by Crippen LogP contribution is -2.19. The van der Waals surface area contributed by atoms with Crippen LogP contribution in [0.15, 0.2) is 12.4 Å². The zero-order chi connectivity index (χ0) is 9.68. The summed E-state index contributed by atoms with van der Waals surface area (Å²) in [6.07, 6.45) is 3.04. The zero-order valence-corrected chi connectivity index (χ0v) is 7.97. The molecule has 0 amide bonds. The van der Waals surface area contributed by atoms with Crippen LogP contribution in [-0.2, 0) is 0 Å². The number of ether oxygens (including phenoxy) is 1. The summed E-state index contributed by atoms with van der Waals surface area (Å²) in [5, 5.41) is 2.81. The average Bonchev–Trinajstić information content (AvgIpc) is 2.04. The highest BCUT2D eigenvalue weighted by Gasteiger charge is 1.98. The number of hydrogen-bond donors (Lipinski definition) is 2. The highest BCUT2D eigenvalue weighted by atomic mass is 32.1. The van der Waals surface area contributed by atoms with E-state index in [1.807, 2.05) is 6.92 Å². The first-order valence-electron chi connectivity index (χ1n) is 3.73. The van der Waals surface area contributed by atoms with Crippen molar-refractivity contribution in [3.8, 4) is 5.88 Å². The molecule has 1 aromatic heterocycles. The minimum Gasteiger partial charge on any atom is -0.477 e. The number of thiocarbonyl (C=S) groups is 1. The van der Waals surface area contributed by atoms with Crippen molar-refractivity contribution >= 4 is 23.1 Å². The maximum Gasteiger partial charge on any atom is 0.234 e. The molecule has 5 nitrogen and oxygen atoms in total. The Labute approximate surface area is 81.3 Å². The van der Waals surface area contributed by atoms with E-state index in [4.69, 9.17) is 10.5 Å². The lowest BCUT2D eigenvalue weighted by atomic mass is 10.6. The summed E-state index contributed by atoms with van der Waals surface area (Å²) in [5.41, 5.74) is 5.26. The average molecular weight is 198 g/mol. The summed E-state index contributed by atoms with van der Waals surface area (Å²) < 4.78 is 5.13. The maximum absolute atomic E-state index is 5.26. The maximum atomic E-state index is 5.26. The van der Waals surface area contributed by atoms with Crippen molar-refractivity contribution < 1.29 is 4.74 Å². The van der Waals surface area contributed by atoms with E-state index in [0.717, 1.165) is 0 Å². The predicted molar refractivity (Wildman–Crippen MR) is 53.6 cm³/mol. The van der Waals surface area contributed by atoms with Gasteiger partial charge in [0, 0.05) is 0 Å². The van der Waals surface area contributed by atoms with Gasteiger partial charge >= 0.3 is 0 Å². The molecule has 0 aliphatic rings. The van der Waals surface area contributed by atoms with Gasteiger partial charge in [-0.3, -0.25) is 4.98 Å². The molecule has 13 heavy (non-hydrogen) atoms. The van der Waals surface area contributed by atoms with E-state index in [1.165, 1.54) is 12.4 Å². The van der Waals surface area contributed by atoms with Gasteiger partial charge < -0.3 is 15.8 Å². The summed E-state index contributed by atoms with van der Waals surface area (Å²) in [7, 11) is 0. The minimum atomic E-state index is 0.156. The second-order valence-electron chi connectivity index (χ2n) is 2.16. The number of hydrogen-bond acceptors (Lipinski definition) is 4. The predicted octanol–water partition coefficient (Wildman–Crippen LogP) is 0.531. The normalized spacial score (nSPS) is 9.31. The Hall–Kier alpha value is -1.43. The molecule has 6 heteroatoms. The first-order chi connectivity index (χ1) is 6.22. The van der Waals surface area contributed by atoms with Crippen molar-refractivity contribution in [3.05, 3.63) is 12.4 Å². The van der Waals surface area contributed by atoms with Crippen LogP contribution in [0.2, 0.25) is 0 Å². The zero-order valence-electron chi connectivity index (χ0n) is 7.15. The quantitative estimate of drug-likeness (QED) is 0.690. The van der Waals surface area contributed by atoms with Gasteiger partial charge in [0.05, 0.1) is 19.0 Å². The smallest absolute Gasteiger partial charge is 0.234 e. The van der Waals surface area contributed by atoms with E-state index in [0.29, 0.717) is 18.3 Å². The summed E-state index contributed by atoms with van der Waals surface area (Å²) in [6, 6.07) is 0. The molecule has 1 heterocycles. The van der Waals surface area contributed by atoms with Crippen LogP contribution >= 0.6 is 12.2 Å². The summed E-state index contributed by atoms with van der Waals surface area (Å²) in [4.78, 5) is 7.93. The molecule has 0 aromatic carbocycles. The molecule has 0 unspecified atom stereocenters. The van der Waals surface area contributed by atoms with Crippen LogP contribution in [-0.4, -0.2) is 21.7 Å². The monoisotopic (exact) mass is 198 g/mol. The van der Waals surface area contributed by atoms with Gasteiger partial charge in [-0.2, -0.15) is 4.98 Å². The molecule has 0 saturated heterocycles. The lowest BCUT2D eigenvalue weighted by molar-refractivity contribution is 0.326. The van der Waals surface area contributed by atoms with Gasteiger partial charge in [-0.15, -0.1) is 0 Å². The molecule has 1 rings (SSSR count). The molecule has 0 atom stereocenters. The number of aromatic nitrogens is 2. The van der Waals surface area contributed by atoms with Gasteiger partial charge in [-0.1, -0.05) is 0 Å². The molecule has 0 aliphatic carbocycles. The van der Waals surface area contributed by atoms with E-state index < -0.39 is 0 Å². The second-order valence-corrected chi connectivity index (χ2v) is 2.60. The number of nitrogens with one attached hydrogen (secondary N) is 1. The van der Waals surface area contributed by atoms with E-state index in [2.05, 4.69) is 27.5 Å². The van der Waals surface area contributed by atoms with Gasteiger partial charge in [-0.05, 0) is 19.1 Å². The van der Waals surface area contributed by atoms with E-state index in [9.17, 15) is 0 Å². The molecule has 0 saturated carbocycles. The van der Waals surface area contributed by atoms with Crippen LogP contribution in [0.1, 0.15) is 6.92 Å². The fraction of sp³-hybridized carbons (Fsp3) is 0.286. The van der Waals surface area contributed by atoms with Crippen LogP contribution in [0.3, 0.4) is 0 Å². The molecule has 0 bridgehead atoms. The molecule has 0 spiro atoms. The third kappa shape index (κ3) is 3.20. The van der Waals surface area contributed by atoms with Crippen molar-refractivity contribution in [2.24, 2.45) is 5.73 Å². The number of anilines is 1. The second kappa shape index (κ2) is 4.56. The number of rotatable bonds is 3. The van der Waals surface area contributed by atoms with Crippen molar-refractivity contribution in [1.82, 2.24) is 9.97 Å². The highest BCUT2D eigenvalue weighted by Crippen LogP contribution is 2.08. The first-order valence-corrected chi connectivity index (χ1v) is 4.14. The Morgan fingerprint density at radius 2 is 2.46 bits per heavy atom. The first kappa shape index (κ1) is 9.66. The summed E-state index contributed by atoms with van der Waals surface area (Å²) in [6.45, 7) is 2.42. The number of nitrogens with zero attached hydrogens (tertiary/aromatic N) is 2. The molecule has 0 aliphatic heterocycles. The fourth-order valence-electron chi connectivity index (χ4n) is 0.752. The Morgan fingerprint density at radius 1 is 1.69 bits per heavy atom. The van der Waals surface area contributed by atoms with Gasteiger partial charge in [0.25, 0.3) is 0 Å². The van der Waals surface area contributed by atoms with Crippen LogP contribution in [0, 0.1) is 0 Å². The molecule has 70 valence electrons. The molecule has 1 aromatic rings. The van der Waals surface area contributed by atoms with Crippen molar-refractivity contribution in [3.63, 3.8) is 0 Å². The third-order valence-electron chi connectivity index (χ3n) is 1.16. The van der Waals surface area contributed by atoms with E-state index in [1.54, 1.807) is 0 Å². The van der Waals surface area contributed by atoms with E-state index >= 15 is 0 Å². The number of nitrogens with two attached hydrogens (primary N) is 1. The molecule has 0 radical (unpaired) electrons. The van der Waals surface area contributed by atoms with Gasteiger partial charge in [0.2, 0.25) is 5.88 Å². The summed E-state index contributed by atoms with van der Waals surface area (Å²) >= 11 is 4.64. The van der Waals surface area contributed by atoms with Gasteiger partial charge in [0.15, 0.2) is 10.9 Å². The molecular weight excluding hydrogens is 188 g/mol. The Bertz CT molecular complexity index is 304. The molecule has 0 fully saturated rings. The van der Waals surface area contributed by atoms with Gasteiger partial charge in [-0.25, -0.2) is 0 Å². The SMILES string of the molecule is CCOc1cncc(NC(N)=S)n1. The fourth-order valence-corrected chi connectivity index (χ4v) is 0.857. The van der Waals surface area contributed by atoms with Crippen LogP contribution < -0.4 is 15.8 Å². The van der Waals surface area contributed by atoms with Crippen LogP contribution in [0.5, 0.6) is 5.88 Å². The Kier molecular flexibility index (Phi) is 3.39. The molecule has 3 N–H and O–H groups in total. The van der Waals surface area contributed by atoms with Crippen molar-refractivity contribution in [2.45, 2.75) is 6.92 Å². The van der Waals surface area contributed by atoms with Crippen molar-refractivity contribution in [2.75, 3.05) is 11.9 Å². The van der Waals surface area contributed by atoms with Gasteiger partial charge in [0.1, 0.15) is 0 Å². The van der Waals surface area contributed by atoms with Crippen molar-refractivity contribution in [1.29, 1.82) is 0 Å². The van der Waals surface area contributed by atoms with Crippen LogP contribution in [0.4, 0.5) is 5.82 Å². The largest absolute Gasteiger partial charge is 0.477 e. The molecular formula is C7H10N4OS. The van der Waals surface area contributed by atoms with E-state index in [-0.39, 0.29) is 5.11 Å². The topological polar surface area (TPSA) is 73.1 Å². The van der Waals surface area contributed by atoms with Crippen LogP contribution in [0.25, 0.3) is 0 Å². The Balaban J connectivity index is 2.73. The summed E-state index contributed by atoms with van der Waals surface area (Å²) in [5.74, 6) is 0.933. The highest BCUT2D eigenvalue weighted by molar-refractivity contribution is 7.80.